The number of alkyl halides is 6. The van der Waals surface area contributed by atoms with Gasteiger partial charge >= 0.3 is 35.8 Å². The van der Waals surface area contributed by atoms with Crippen molar-refractivity contribution in [3.63, 3.8) is 0 Å². The number of carboxylic acid groups (broad SMARTS) is 2. The van der Waals surface area contributed by atoms with Crippen molar-refractivity contribution < 1.29 is 87.9 Å². The molecular formula is C48H116Br8O18. The van der Waals surface area contributed by atoms with Crippen molar-refractivity contribution in [1.82, 2.24) is 0 Å². The molecular weight excluding hydrogens is 1500 g/mol. The molecule has 26 heteroatoms. The van der Waals surface area contributed by atoms with E-state index in [2.05, 4.69) is 146 Å². The van der Waals surface area contributed by atoms with E-state index in [9.17, 15) is 38.4 Å². The van der Waals surface area contributed by atoms with Gasteiger partial charge in [-0.05, 0) is 115 Å². The van der Waals surface area contributed by atoms with Crippen LogP contribution in [0.25, 0.3) is 0 Å². The van der Waals surface area contributed by atoms with Crippen molar-refractivity contribution in [3.8, 4) is 0 Å². The summed E-state index contributed by atoms with van der Waals surface area (Å²) < 4.78 is 16.0. The number of halogens is 8. The third-order valence-electron chi connectivity index (χ3n) is 4.31. The summed E-state index contributed by atoms with van der Waals surface area (Å²) in [6.07, 6.45) is 0. The predicted octanol–water partition coefficient (Wildman–Crippen LogP) is 15.0. The molecule has 0 aliphatic heterocycles. The van der Waals surface area contributed by atoms with Gasteiger partial charge < -0.3 is 49.6 Å². The Balaban J connectivity index is -0.0000000201. The van der Waals surface area contributed by atoms with E-state index in [0.29, 0.717) is 0 Å². The number of ether oxygens (including phenoxy) is 4. The summed E-state index contributed by atoms with van der Waals surface area (Å²) in [5.41, 5.74) is -0.583. The molecule has 74 heavy (non-hydrogen) atoms. The summed E-state index contributed by atoms with van der Waals surface area (Å²) in [5.74, 6) is -2.71. The number of esters is 4. The molecule has 0 aromatic rings. The smallest absolute Gasteiger partial charge is 0.322 e. The van der Waals surface area contributed by atoms with Gasteiger partial charge in [-0.25, -0.2) is 0 Å². The molecule has 0 amide bonds. The highest BCUT2D eigenvalue weighted by molar-refractivity contribution is 9.20. The summed E-state index contributed by atoms with van der Waals surface area (Å²) in [5, 5.41) is 44.2. The zero-order chi connectivity index (χ0) is 55.8. The first-order valence-corrected chi connectivity index (χ1v) is 24.2. The van der Waals surface area contributed by atoms with Gasteiger partial charge in [0.2, 0.25) is 9.39 Å². The number of aliphatic carboxylic acids is 2. The number of hydrogen-bond donors (Lipinski definition) is 6. The van der Waals surface area contributed by atoms with Crippen LogP contribution in [-0.4, -0.2) is 160 Å². The molecule has 3 unspecified atom stereocenters. The van der Waals surface area contributed by atoms with E-state index >= 15 is 0 Å². The van der Waals surface area contributed by atoms with E-state index < -0.39 is 30.3 Å². The Bertz CT molecular complexity index is 1060. The molecule has 472 valence electrons. The number of carboxylic acids is 2. The number of carbonyl (C=O) groups is 8. The number of hydrogen-bond acceptors (Lipinski definition) is 16. The van der Waals surface area contributed by atoms with Crippen molar-refractivity contribution >= 4 is 173 Å². The molecule has 0 heterocycles. The molecule has 0 bridgehead atoms. The number of aliphatic hydroxyl groups excluding tert-OH is 4. The molecule has 6 N–H and O–H groups in total. The van der Waals surface area contributed by atoms with Crippen molar-refractivity contribution in [3.05, 3.63) is 0 Å². The van der Waals surface area contributed by atoms with Crippen LogP contribution in [-0.2, 0) is 57.3 Å². The van der Waals surface area contributed by atoms with E-state index in [1.807, 2.05) is 0 Å². The van der Waals surface area contributed by atoms with Gasteiger partial charge in [-0.2, -0.15) is 0 Å². The Morgan fingerprint density at radius 3 is 0.527 bits per heavy atom. The van der Waals surface area contributed by atoms with Crippen molar-refractivity contribution in [2.24, 2.45) is 11.3 Å². The van der Waals surface area contributed by atoms with Crippen molar-refractivity contribution in [2.45, 2.75) is 199 Å². The predicted molar refractivity (Wildman–Crippen MR) is 350 cm³/mol. The van der Waals surface area contributed by atoms with Crippen LogP contribution in [0.5, 0.6) is 0 Å². The van der Waals surface area contributed by atoms with Crippen LogP contribution in [0.2, 0.25) is 0 Å². The maximum Gasteiger partial charge on any atom is 0.322 e. The molecule has 0 fully saturated rings. The second kappa shape index (κ2) is 92.2. The fourth-order valence-corrected chi connectivity index (χ4v) is 1.51. The Labute approximate surface area is 522 Å². The van der Waals surface area contributed by atoms with Crippen LogP contribution in [0.4, 0.5) is 0 Å². The topological polar surface area (TPSA) is 295 Å². The second-order valence-electron chi connectivity index (χ2n) is 12.9. The van der Waals surface area contributed by atoms with Crippen molar-refractivity contribution in [2.75, 3.05) is 56.9 Å². The number of rotatable bonds is 7. The molecule has 3 atom stereocenters. The molecule has 0 rings (SSSR count). The minimum Gasteiger partial charge on any atom is -0.481 e. The summed E-state index contributed by atoms with van der Waals surface area (Å²) in [7, 11) is 9.46. The molecule has 0 saturated heterocycles. The third-order valence-corrected chi connectivity index (χ3v) is 9.30. The van der Waals surface area contributed by atoms with Gasteiger partial charge in [0.05, 0.1) is 48.9 Å². The maximum atomic E-state index is 10.6. The average Bonchev–Trinajstić information content (AvgIpc) is 3.19. The van der Waals surface area contributed by atoms with Gasteiger partial charge in [0.1, 0.15) is 18.3 Å². The van der Waals surface area contributed by atoms with Gasteiger partial charge in [-0.3, -0.25) is 38.4 Å². The van der Waals surface area contributed by atoms with Crippen LogP contribution in [0.15, 0.2) is 0 Å². The maximum absolute atomic E-state index is 10.6. The fraction of sp³-hybridized carbons (Fsp3) is 0.833. The zero-order valence-corrected chi connectivity index (χ0v) is 53.6. The minimum atomic E-state index is -0.757. The van der Waals surface area contributed by atoms with Crippen LogP contribution in [0.3, 0.4) is 0 Å². The first-order chi connectivity index (χ1) is 28.5. The van der Waals surface area contributed by atoms with E-state index in [4.69, 9.17) is 30.6 Å². The van der Waals surface area contributed by atoms with Crippen LogP contribution < -0.4 is 0 Å². The van der Waals surface area contributed by atoms with Gasteiger partial charge in [-0.1, -0.05) is 184 Å². The van der Waals surface area contributed by atoms with E-state index in [-0.39, 0.29) is 128 Å². The summed E-state index contributed by atoms with van der Waals surface area (Å²) in [6, 6.07) is 0. The molecule has 0 aromatic carbocycles. The minimum absolute atomic E-state index is 0. The van der Waals surface area contributed by atoms with Crippen LogP contribution >= 0.6 is 127 Å². The standard InChI is InChI=1S/2C5H9BrO2.C5H10O2.C4H6Br2O.2C4H7BrO2.C4H8O2.C3H4Br2O.4CH4O.10CH4/c2*1-5(2,6)4(7)8-3;1-5(2,3)4(6)7;1-4(2,6)3(5)7;2*1-3(5)4(6)7-2;1-3(2)4(5)6;1-2(4)3(5)6;4*1-2;;;;;;;;;;/h2*1-3H3;1-3H3,(H,6,7);1-2H3;2*3H,1-2H3;3H,1-2H3,(H,5,6);2H,1H3;4*2H,1H3;10*1H4. The average molecular weight is 1620 g/mol. The Morgan fingerprint density at radius 1 is 0.392 bits per heavy atom. The highest BCUT2D eigenvalue weighted by Gasteiger charge is 2.24. The molecule has 0 saturated carbocycles. The lowest BCUT2D eigenvalue weighted by atomic mass is 9.98. The van der Waals surface area contributed by atoms with E-state index in [1.165, 1.54) is 28.4 Å². The lowest BCUT2D eigenvalue weighted by Crippen LogP contribution is -2.24. The highest BCUT2D eigenvalue weighted by atomic mass is 79.9. The Kier molecular flexibility index (Phi) is 182. The largest absolute Gasteiger partial charge is 0.481 e. The van der Waals surface area contributed by atoms with Crippen molar-refractivity contribution in [1.29, 1.82) is 0 Å². The lowest BCUT2D eigenvalue weighted by Gasteiger charge is -2.10. The lowest BCUT2D eigenvalue weighted by molar-refractivity contribution is -0.146. The summed E-state index contributed by atoms with van der Waals surface area (Å²) >= 11 is 24.1. The quantitative estimate of drug-likeness (QED) is 0.0597. The normalized spacial score (nSPS) is 9.18. The molecule has 0 aliphatic rings. The van der Waals surface area contributed by atoms with Gasteiger partial charge in [0.25, 0.3) is 0 Å². The first kappa shape index (κ1) is 146. The molecule has 0 aliphatic carbocycles. The fourth-order valence-electron chi connectivity index (χ4n) is 0.810. The Hall–Kier alpha value is -0.160. The Morgan fingerprint density at radius 2 is 0.527 bits per heavy atom. The first-order valence-electron chi connectivity index (χ1n) is 17.5. The number of aliphatic hydroxyl groups is 4. The number of carbonyl (C=O) groups excluding carboxylic acids is 6. The molecule has 0 spiro atoms. The van der Waals surface area contributed by atoms with Gasteiger partial charge in [0.15, 0.2) is 0 Å². The van der Waals surface area contributed by atoms with Crippen LogP contribution in [0, 0.1) is 11.3 Å². The van der Waals surface area contributed by atoms with Gasteiger partial charge in [0, 0.05) is 28.4 Å². The summed E-state index contributed by atoms with van der Waals surface area (Å²) in [4.78, 5) is 81.3. The molecule has 0 aromatic heterocycles. The van der Waals surface area contributed by atoms with Crippen LogP contribution in [0.1, 0.15) is 171 Å². The zero-order valence-electron chi connectivity index (χ0n) is 40.9. The monoisotopic (exact) mass is 1610 g/mol. The highest BCUT2D eigenvalue weighted by Crippen LogP contribution is 2.19. The third kappa shape index (κ3) is 158. The van der Waals surface area contributed by atoms with E-state index in [1.54, 1.807) is 96.9 Å². The SMILES string of the molecule is C.C.C.C.C.C.C.C.C.C.CC(Br)C(=O)Br.CC(C)(Br)C(=O)Br.CC(C)(C)C(=O)O.CC(C)C(=O)O.CO.CO.CO.CO.COC(=O)C(C)(C)Br.COC(=O)C(C)(C)Br.COC(=O)C(C)Br.COC(=O)C(C)Br. The second-order valence-corrected chi connectivity index (χ2v) is 24.5. The molecule has 0 radical (unpaired) electrons. The van der Waals surface area contributed by atoms with Gasteiger partial charge in [-0.15, -0.1) is 0 Å². The molecule has 18 nitrogen and oxygen atoms in total. The number of methoxy groups -OCH3 is 4. The van der Waals surface area contributed by atoms with E-state index in [0.717, 1.165) is 28.4 Å². The summed E-state index contributed by atoms with van der Waals surface area (Å²) in [6.45, 7) is 24.0.